The number of hydrogen-bond donors (Lipinski definition) is 0. The van der Waals surface area contributed by atoms with E-state index in [-0.39, 0.29) is 11.1 Å². The summed E-state index contributed by atoms with van der Waals surface area (Å²) in [7, 11) is 0. The lowest BCUT2D eigenvalue weighted by atomic mass is 10.1. The zero-order chi connectivity index (χ0) is 15.0. The Hall–Kier alpha value is -2.19. The van der Waals surface area contributed by atoms with Gasteiger partial charge in [-0.25, -0.2) is 9.97 Å². The van der Waals surface area contributed by atoms with Gasteiger partial charge in [0.15, 0.2) is 5.69 Å². The fourth-order valence-corrected chi connectivity index (χ4v) is 1.29. The highest BCUT2D eigenvalue weighted by molar-refractivity contribution is 5.60. The van der Waals surface area contributed by atoms with E-state index in [0.717, 1.165) is 24.7 Å². The van der Waals surface area contributed by atoms with E-state index in [1.54, 1.807) is 0 Å². The minimum absolute atomic E-state index is 0.107. The zero-order valence-electron chi connectivity index (χ0n) is 9.42. The molecule has 0 aliphatic heterocycles. The summed E-state index contributed by atoms with van der Waals surface area (Å²) in [6.45, 7) is 0. The topological polar surface area (TPSA) is 38.7 Å². The molecule has 0 unspecified atom stereocenters. The van der Waals surface area contributed by atoms with Gasteiger partial charge in [-0.05, 0) is 6.07 Å². The van der Waals surface area contributed by atoms with Crippen molar-refractivity contribution in [2.75, 3.05) is 0 Å². The first-order valence-electron chi connectivity index (χ1n) is 5.02. The Balaban J connectivity index is 2.29. The molecule has 2 heterocycles. The van der Waals surface area contributed by atoms with Crippen LogP contribution in [0.25, 0.3) is 11.1 Å². The van der Waals surface area contributed by atoms with Crippen LogP contribution in [-0.4, -0.2) is 15.0 Å². The summed E-state index contributed by atoms with van der Waals surface area (Å²) in [4.78, 5) is 9.33. The van der Waals surface area contributed by atoms with Crippen molar-refractivity contribution in [3.05, 3.63) is 42.2 Å². The molecule has 1 radical (unpaired) electrons. The smallest absolute Gasteiger partial charge is 0.251 e. The van der Waals surface area contributed by atoms with Crippen molar-refractivity contribution >= 4 is 0 Å². The average Bonchev–Trinajstić information content (AvgIpc) is 2.37. The molecule has 9 heteroatoms. The second-order valence-corrected chi connectivity index (χ2v) is 3.64. The first-order chi connectivity index (χ1) is 9.18. The molecule has 0 amide bonds. The quantitative estimate of drug-likeness (QED) is 0.756. The van der Waals surface area contributed by atoms with Crippen LogP contribution in [0.15, 0.2) is 24.7 Å². The summed E-state index contributed by atoms with van der Waals surface area (Å²) in [5.41, 5.74) is -0.976. The third-order valence-electron chi connectivity index (χ3n) is 2.20. The van der Waals surface area contributed by atoms with Gasteiger partial charge in [0.25, 0.3) is 0 Å². The molecule has 0 aliphatic rings. The van der Waals surface area contributed by atoms with Gasteiger partial charge in [0.2, 0.25) is 5.82 Å². The van der Waals surface area contributed by atoms with Crippen molar-refractivity contribution in [3.8, 4) is 11.1 Å². The first kappa shape index (κ1) is 14.2. The molecule has 0 saturated heterocycles. The largest absolute Gasteiger partial charge is 0.451 e. The highest BCUT2D eigenvalue weighted by atomic mass is 19.4. The number of nitrogens with zero attached hydrogens (tertiary/aromatic N) is 3. The second-order valence-electron chi connectivity index (χ2n) is 3.64. The van der Waals surface area contributed by atoms with Crippen LogP contribution >= 0.6 is 0 Å². The second kappa shape index (κ2) is 4.73. The van der Waals surface area contributed by atoms with E-state index >= 15 is 0 Å². The van der Waals surface area contributed by atoms with E-state index in [0.29, 0.717) is 0 Å². The van der Waals surface area contributed by atoms with E-state index in [2.05, 4.69) is 15.0 Å². The monoisotopic (exact) mass is 292 g/mol. The molecule has 2 aromatic heterocycles. The van der Waals surface area contributed by atoms with Crippen LogP contribution in [0.3, 0.4) is 0 Å². The maximum absolute atomic E-state index is 12.3. The maximum Gasteiger partial charge on any atom is 0.451 e. The number of hydrogen-bond acceptors (Lipinski definition) is 3. The Morgan fingerprint density at radius 2 is 1.30 bits per heavy atom. The number of halogens is 6. The normalized spacial score (nSPS) is 12.5. The van der Waals surface area contributed by atoms with E-state index in [4.69, 9.17) is 0 Å². The van der Waals surface area contributed by atoms with E-state index in [1.807, 2.05) is 6.07 Å². The molecule has 2 rings (SSSR count). The summed E-state index contributed by atoms with van der Waals surface area (Å²) >= 11 is 0. The molecular formula is C11H4F6N3. The Kier molecular flexibility index (Phi) is 3.36. The predicted octanol–water partition coefficient (Wildman–Crippen LogP) is 3.38. The highest BCUT2D eigenvalue weighted by Gasteiger charge is 2.34. The molecule has 3 nitrogen and oxygen atoms in total. The number of alkyl halides is 6. The maximum atomic E-state index is 12.3. The van der Waals surface area contributed by atoms with Crippen LogP contribution in [0, 0.1) is 6.07 Å². The summed E-state index contributed by atoms with van der Waals surface area (Å²) in [6.07, 6.45) is -6.73. The summed E-state index contributed by atoms with van der Waals surface area (Å²) in [5.74, 6) is -1.33. The van der Waals surface area contributed by atoms with Crippen molar-refractivity contribution in [2.24, 2.45) is 0 Å². The van der Waals surface area contributed by atoms with Gasteiger partial charge in [0, 0.05) is 35.8 Å². The lowest BCUT2D eigenvalue weighted by Crippen LogP contribution is -2.10. The molecule has 0 spiro atoms. The predicted molar refractivity (Wildman–Crippen MR) is 54.1 cm³/mol. The lowest BCUT2D eigenvalue weighted by Gasteiger charge is -2.07. The third-order valence-corrected chi connectivity index (χ3v) is 2.20. The van der Waals surface area contributed by atoms with E-state index in [9.17, 15) is 26.3 Å². The van der Waals surface area contributed by atoms with Crippen molar-refractivity contribution in [2.45, 2.75) is 12.4 Å². The first-order valence-corrected chi connectivity index (χ1v) is 5.02. The Bertz CT molecular complexity index is 530. The molecule has 105 valence electrons. The van der Waals surface area contributed by atoms with Gasteiger partial charge in [-0.1, -0.05) is 0 Å². The lowest BCUT2D eigenvalue weighted by molar-refractivity contribution is -0.145. The van der Waals surface area contributed by atoms with Crippen molar-refractivity contribution in [3.63, 3.8) is 0 Å². The van der Waals surface area contributed by atoms with Crippen LogP contribution in [-0.2, 0) is 12.4 Å². The Morgan fingerprint density at radius 3 is 1.70 bits per heavy atom. The molecule has 0 saturated carbocycles. The minimum Gasteiger partial charge on any atom is -0.251 e. The molecule has 0 N–H and O–H groups in total. The molecule has 20 heavy (non-hydrogen) atoms. The van der Waals surface area contributed by atoms with Gasteiger partial charge >= 0.3 is 12.4 Å². The zero-order valence-corrected chi connectivity index (χ0v) is 9.42. The number of aromatic nitrogens is 3. The molecule has 0 bridgehead atoms. The summed E-state index contributed by atoms with van der Waals surface area (Å²) < 4.78 is 73.5. The average molecular weight is 292 g/mol. The fraction of sp³-hybridized carbons (Fsp3) is 0.182. The van der Waals surface area contributed by atoms with Gasteiger partial charge < -0.3 is 0 Å². The van der Waals surface area contributed by atoms with Crippen LogP contribution < -0.4 is 0 Å². The van der Waals surface area contributed by atoms with Gasteiger partial charge in [0.1, 0.15) is 0 Å². The Labute approximate surface area is 108 Å². The minimum atomic E-state index is -4.68. The summed E-state index contributed by atoms with van der Waals surface area (Å²) in [6, 6.07) is 2.87. The van der Waals surface area contributed by atoms with Gasteiger partial charge in [-0.2, -0.15) is 26.3 Å². The SMILES string of the molecule is FC(F)(F)c1[c]cc(-c2cnc(C(F)(F)F)nc2)cn1. The third kappa shape index (κ3) is 3.03. The van der Waals surface area contributed by atoms with E-state index < -0.39 is 23.9 Å². The molecule has 0 aromatic carbocycles. The van der Waals surface area contributed by atoms with Crippen LogP contribution in [0.2, 0.25) is 0 Å². The van der Waals surface area contributed by atoms with Gasteiger partial charge in [-0.15, -0.1) is 0 Å². The van der Waals surface area contributed by atoms with E-state index in [1.165, 1.54) is 0 Å². The molecule has 2 aromatic rings. The molecule has 0 fully saturated rings. The van der Waals surface area contributed by atoms with Crippen LogP contribution in [0.5, 0.6) is 0 Å². The summed E-state index contributed by atoms with van der Waals surface area (Å²) in [5, 5.41) is 0. The molecule has 0 aliphatic carbocycles. The standard InChI is InChI=1S/C11H4F6N3/c12-10(13,14)8-2-1-6(3-18-8)7-4-19-9(20-5-7)11(15,16)17/h1,3-5H. The van der Waals surface area contributed by atoms with Gasteiger partial charge in [-0.3, -0.25) is 4.98 Å². The highest BCUT2D eigenvalue weighted by Crippen LogP contribution is 2.29. The molecular weight excluding hydrogens is 288 g/mol. The van der Waals surface area contributed by atoms with Crippen molar-refractivity contribution in [1.82, 2.24) is 15.0 Å². The van der Waals surface area contributed by atoms with Crippen molar-refractivity contribution < 1.29 is 26.3 Å². The molecule has 0 atom stereocenters. The number of pyridine rings is 1. The fourth-order valence-electron chi connectivity index (χ4n) is 1.29. The number of rotatable bonds is 1. The van der Waals surface area contributed by atoms with Crippen LogP contribution in [0.1, 0.15) is 11.5 Å². The van der Waals surface area contributed by atoms with Gasteiger partial charge in [0.05, 0.1) is 0 Å². The van der Waals surface area contributed by atoms with Crippen molar-refractivity contribution in [1.29, 1.82) is 0 Å². The van der Waals surface area contributed by atoms with Crippen LogP contribution in [0.4, 0.5) is 26.3 Å². The Morgan fingerprint density at radius 1 is 0.750 bits per heavy atom.